The van der Waals surface area contributed by atoms with E-state index in [9.17, 15) is 4.79 Å². The van der Waals surface area contributed by atoms with E-state index in [1.54, 1.807) is 12.1 Å². The van der Waals surface area contributed by atoms with Gasteiger partial charge in [-0.3, -0.25) is 4.79 Å². The van der Waals surface area contributed by atoms with Crippen molar-refractivity contribution >= 4 is 16.9 Å². The van der Waals surface area contributed by atoms with Gasteiger partial charge in [0.15, 0.2) is 0 Å². The summed E-state index contributed by atoms with van der Waals surface area (Å²) in [6, 6.07) is 5.70. The fraction of sp³-hybridized carbons (Fsp3) is 0.333. The number of nitriles is 1. The van der Waals surface area contributed by atoms with Crippen molar-refractivity contribution in [3.8, 4) is 11.8 Å². The zero-order chi connectivity index (χ0) is 14.9. The number of nitrogens with zero attached hydrogens (tertiary/aromatic N) is 2. The van der Waals surface area contributed by atoms with Gasteiger partial charge in [0.25, 0.3) is 0 Å². The van der Waals surface area contributed by atoms with Crippen LogP contribution in [0.5, 0.6) is 5.75 Å². The van der Waals surface area contributed by atoms with Crippen LogP contribution in [0.3, 0.4) is 0 Å². The molecule has 0 radical (unpaired) electrons. The van der Waals surface area contributed by atoms with Gasteiger partial charge in [-0.2, -0.15) is 5.26 Å². The van der Waals surface area contributed by atoms with Crippen molar-refractivity contribution in [2.75, 3.05) is 14.2 Å². The van der Waals surface area contributed by atoms with Crippen molar-refractivity contribution in [2.45, 2.75) is 13.3 Å². The Morgan fingerprint density at radius 3 is 2.65 bits per heavy atom. The summed E-state index contributed by atoms with van der Waals surface area (Å²) in [6.45, 7) is 1.94. The van der Waals surface area contributed by atoms with Crippen LogP contribution in [-0.4, -0.2) is 24.8 Å². The topological polar surface area (TPSA) is 64.2 Å². The second kappa shape index (κ2) is 5.25. The summed E-state index contributed by atoms with van der Waals surface area (Å²) >= 11 is 0. The highest BCUT2D eigenvalue weighted by atomic mass is 16.5. The molecule has 5 nitrogen and oxygen atoms in total. The first kappa shape index (κ1) is 13.9. The van der Waals surface area contributed by atoms with Crippen molar-refractivity contribution in [2.24, 2.45) is 7.05 Å². The second-order valence-corrected chi connectivity index (χ2v) is 4.56. The maximum absolute atomic E-state index is 11.5. The minimum absolute atomic E-state index is 0.203. The normalized spacial score (nSPS) is 10.3. The number of benzene rings is 1. The molecule has 0 aliphatic carbocycles. The maximum Gasteiger partial charge on any atom is 0.310 e. The van der Waals surface area contributed by atoms with Crippen molar-refractivity contribution in [1.82, 2.24) is 4.57 Å². The molecule has 0 aliphatic rings. The number of ether oxygens (including phenoxy) is 2. The number of fused-ring (bicyclic) bond motifs is 1. The number of methoxy groups -OCH3 is 2. The summed E-state index contributed by atoms with van der Waals surface area (Å²) in [4.78, 5) is 11.5. The molecule has 1 aromatic carbocycles. The summed E-state index contributed by atoms with van der Waals surface area (Å²) in [5, 5.41) is 10.1. The van der Waals surface area contributed by atoms with Crippen LogP contribution in [0.25, 0.3) is 10.9 Å². The lowest BCUT2D eigenvalue weighted by Crippen LogP contribution is -2.05. The van der Waals surface area contributed by atoms with Crippen LogP contribution in [-0.2, 0) is 23.0 Å². The fourth-order valence-corrected chi connectivity index (χ4v) is 2.36. The Labute approximate surface area is 117 Å². The molecule has 0 saturated heterocycles. The molecule has 0 N–H and O–H groups in total. The number of hydrogen-bond acceptors (Lipinski definition) is 4. The number of aryl methyl sites for hydroxylation is 1. The minimum atomic E-state index is -0.288. The van der Waals surface area contributed by atoms with E-state index in [0.29, 0.717) is 11.3 Å². The molecule has 0 bridgehead atoms. The zero-order valence-corrected chi connectivity index (χ0v) is 12.0. The summed E-state index contributed by atoms with van der Waals surface area (Å²) in [5.74, 6) is 0.223. The fourth-order valence-electron chi connectivity index (χ4n) is 2.36. The first-order valence-corrected chi connectivity index (χ1v) is 6.16. The summed E-state index contributed by atoms with van der Waals surface area (Å²) in [6.07, 6.45) is 0.203. The molecule has 5 heteroatoms. The predicted octanol–water partition coefficient (Wildman–Crippen LogP) is 2.08. The maximum atomic E-state index is 11.5. The Bertz CT molecular complexity index is 723. The molecule has 2 aromatic rings. The van der Waals surface area contributed by atoms with Gasteiger partial charge < -0.3 is 14.0 Å². The Morgan fingerprint density at radius 2 is 2.10 bits per heavy atom. The monoisotopic (exact) mass is 272 g/mol. The predicted molar refractivity (Wildman–Crippen MR) is 74.6 cm³/mol. The van der Waals surface area contributed by atoms with Gasteiger partial charge in [-0.1, -0.05) is 0 Å². The first-order valence-electron chi connectivity index (χ1n) is 6.16. The Kier molecular flexibility index (Phi) is 3.66. The van der Waals surface area contributed by atoms with E-state index in [1.165, 1.54) is 14.2 Å². The molecule has 0 spiro atoms. The molecule has 0 amide bonds. The molecule has 20 heavy (non-hydrogen) atoms. The first-order chi connectivity index (χ1) is 9.53. The van der Waals surface area contributed by atoms with E-state index in [0.717, 1.165) is 22.2 Å². The van der Waals surface area contributed by atoms with Gasteiger partial charge in [0.05, 0.1) is 26.2 Å². The van der Waals surface area contributed by atoms with Gasteiger partial charge in [0.2, 0.25) is 0 Å². The van der Waals surface area contributed by atoms with Crippen LogP contribution in [0.15, 0.2) is 12.1 Å². The lowest BCUT2D eigenvalue weighted by Gasteiger charge is -2.04. The van der Waals surface area contributed by atoms with Crippen molar-refractivity contribution < 1.29 is 14.3 Å². The average Bonchev–Trinajstić information content (AvgIpc) is 2.70. The quantitative estimate of drug-likeness (QED) is 0.802. The number of rotatable bonds is 3. The van der Waals surface area contributed by atoms with Crippen LogP contribution in [0.2, 0.25) is 0 Å². The standard InChI is InChI=1S/C15H16N2O3/c1-9-11(7-15(18)20-4)12-6-14(19-3)10(8-16)5-13(12)17(9)2/h5-6H,7H2,1-4H3. The Balaban J connectivity index is 2.73. The molecule has 1 aromatic heterocycles. The van der Waals surface area contributed by atoms with E-state index in [2.05, 4.69) is 6.07 Å². The molecule has 2 rings (SSSR count). The lowest BCUT2D eigenvalue weighted by atomic mass is 10.1. The third kappa shape index (κ3) is 2.10. The van der Waals surface area contributed by atoms with Gasteiger partial charge >= 0.3 is 5.97 Å². The number of hydrogen-bond donors (Lipinski definition) is 0. The molecular formula is C15H16N2O3. The highest BCUT2D eigenvalue weighted by Crippen LogP contribution is 2.31. The number of aromatic nitrogens is 1. The third-order valence-corrected chi connectivity index (χ3v) is 3.61. The van der Waals surface area contributed by atoms with Crippen LogP contribution < -0.4 is 4.74 Å². The van der Waals surface area contributed by atoms with Gasteiger partial charge in [0.1, 0.15) is 11.8 Å². The third-order valence-electron chi connectivity index (χ3n) is 3.61. The summed E-state index contributed by atoms with van der Waals surface area (Å²) in [5.41, 5.74) is 3.25. The molecule has 104 valence electrons. The van der Waals surface area contributed by atoms with E-state index in [4.69, 9.17) is 14.7 Å². The highest BCUT2D eigenvalue weighted by Gasteiger charge is 2.17. The second-order valence-electron chi connectivity index (χ2n) is 4.56. The van der Waals surface area contributed by atoms with E-state index < -0.39 is 0 Å². The summed E-state index contributed by atoms with van der Waals surface area (Å²) in [7, 11) is 4.81. The molecule has 0 aliphatic heterocycles. The molecule has 1 heterocycles. The largest absolute Gasteiger partial charge is 0.495 e. The van der Waals surface area contributed by atoms with Gasteiger partial charge in [0, 0.05) is 23.6 Å². The van der Waals surface area contributed by atoms with Gasteiger partial charge in [-0.25, -0.2) is 0 Å². The Morgan fingerprint density at radius 1 is 1.40 bits per heavy atom. The molecule has 0 fully saturated rings. The highest BCUT2D eigenvalue weighted by molar-refractivity contribution is 5.91. The zero-order valence-electron chi connectivity index (χ0n) is 12.0. The smallest absolute Gasteiger partial charge is 0.310 e. The molecular weight excluding hydrogens is 256 g/mol. The van der Waals surface area contributed by atoms with Crippen molar-refractivity contribution in [1.29, 1.82) is 5.26 Å². The van der Waals surface area contributed by atoms with E-state index in [1.807, 2.05) is 18.5 Å². The van der Waals surface area contributed by atoms with E-state index >= 15 is 0 Å². The van der Waals surface area contributed by atoms with Crippen LogP contribution in [0.1, 0.15) is 16.8 Å². The lowest BCUT2D eigenvalue weighted by molar-refractivity contribution is -0.139. The number of esters is 1. The number of carbonyl (C=O) groups is 1. The average molecular weight is 272 g/mol. The van der Waals surface area contributed by atoms with Crippen molar-refractivity contribution in [3.63, 3.8) is 0 Å². The van der Waals surface area contributed by atoms with Crippen LogP contribution in [0.4, 0.5) is 0 Å². The van der Waals surface area contributed by atoms with E-state index in [-0.39, 0.29) is 12.4 Å². The van der Waals surface area contributed by atoms with Crippen LogP contribution >= 0.6 is 0 Å². The number of carbonyl (C=O) groups excluding carboxylic acids is 1. The SMILES string of the molecule is COC(=O)Cc1c(C)n(C)c2cc(C#N)c(OC)cc12. The van der Waals surface area contributed by atoms with Crippen LogP contribution in [0, 0.1) is 18.3 Å². The van der Waals surface area contributed by atoms with Gasteiger partial charge in [-0.15, -0.1) is 0 Å². The molecule has 0 saturated carbocycles. The van der Waals surface area contributed by atoms with Crippen molar-refractivity contribution in [3.05, 3.63) is 29.0 Å². The molecule has 0 unspecified atom stereocenters. The summed E-state index contributed by atoms with van der Waals surface area (Å²) < 4.78 is 11.9. The molecule has 0 atom stereocenters. The Hall–Kier alpha value is -2.48. The van der Waals surface area contributed by atoms with Gasteiger partial charge in [-0.05, 0) is 24.6 Å². The minimum Gasteiger partial charge on any atom is -0.495 e.